The van der Waals surface area contributed by atoms with Gasteiger partial charge in [-0.05, 0) is 55.6 Å². The van der Waals surface area contributed by atoms with E-state index in [4.69, 9.17) is 11.6 Å². The molecule has 2 aromatic rings. The van der Waals surface area contributed by atoms with Gasteiger partial charge >= 0.3 is 0 Å². The zero-order chi connectivity index (χ0) is 14.5. The second-order valence-corrected chi connectivity index (χ2v) is 5.82. The van der Waals surface area contributed by atoms with Crippen LogP contribution < -0.4 is 5.32 Å². The Morgan fingerprint density at radius 3 is 2.50 bits per heavy atom. The van der Waals surface area contributed by atoms with Crippen LogP contribution in [-0.4, -0.2) is 13.6 Å². The van der Waals surface area contributed by atoms with Crippen LogP contribution >= 0.6 is 11.6 Å². The van der Waals surface area contributed by atoms with Gasteiger partial charge in [0.25, 0.3) is 0 Å². The summed E-state index contributed by atoms with van der Waals surface area (Å²) in [6.07, 6.45) is 0.963. The topological polar surface area (TPSA) is 12.0 Å². The van der Waals surface area contributed by atoms with Gasteiger partial charge in [-0.25, -0.2) is 0 Å². The first-order valence-electron chi connectivity index (χ1n) is 7.07. The molecule has 1 unspecified atom stereocenters. The number of halogens is 1. The zero-order valence-corrected chi connectivity index (χ0v) is 13.2. The van der Waals surface area contributed by atoms with Crippen molar-refractivity contribution < 1.29 is 0 Å². The van der Waals surface area contributed by atoms with Gasteiger partial charge < -0.3 is 5.32 Å². The highest BCUT2D eigenvalue weighted by atomic mass is 35.5. The Labute approximate surface area is 127 Å². The molecule has 2 heteroatoms. The van der Waals surface area contributed by atoms with Crippen LogP contribution in [-0.2, 0) is 6.42 Å². The molecule has 0 saturated carbocycles. The Kier molecular flexibility index (Phi) is 5.22. The Bertz CT molecular complexity index is 577. The summed E-state index contributed by atoms with van der Waals surface area (Å²) < 4.78 is 0. The molecule has 0 aromatic heterocycles. The average molecular weight is 288 g/mol. The van der Waals surface area contributed by atoms with Gasteiger partial charge in [-0.3, -0.25) is 0 Å². The number of hydrogen-bond donors (Lipinski definition) is 1. The first kappa shape index (κ1) is 15.1. The van der Waals surface area contributed by atoms with Crippen molar-refractivity contribution in [1.29, 1.82) is 0 Å². The maximum absolute atomic E-state index is 6.38. The highest BCUT2D eigenvalue weighted by molar-refractivity contribution is 6.31. The van der Waals surface area contributed by atoms with E-state index in [1.165, 1.54) is 22.3 Å². The lowest BCUT2D eigenvalue weighted by atomic mass is 9.89. The van der Waals surface area contributed by atoms with Gasteiger partial charge in [0.2, 0.25) is 0 Å². The summed E-state index contributed by atoms with van der Waals surface area (Å²) >= 11 is 6.38. The van der Waals surface area contributed by atoms with E-state index in [1.807, 2.05) is 13.1 Å². The summed E-state index contributed by atoms with van der Waals surface area (Å²) in [5, 5.41) is 4.18. The minimum absolute atomic E-state index is 0.446. The monoisotopic (exact) mass is 287 g/mol. The third kappa shape index (κ3) is 3.62. The van der Waals surface area contributed by atoms with Crippen molar-refractivity contribution in [2.45, 2.75) is 26.2 Å². The molecule has 0 saturated heterocycles. The predicted molar refractivity (Wildman–Crippen MR) is 87.7 cm³/mol. The highest BCUT2D eigenvalue weighted by Gasteiger charge is 2.15. The summed E-state index contributed by atoms with van der Waals surface area (Å²) in [7, 11) is 2.00. The fourth-order valence-corrected chi connectivity index (χ4v) is 2.98. The number of benzene rings is 2. The molecule has 0 radical (unpaired) electrons. The normalized spacial score (nSPS) is 12.4. The fourth-order valence-electron chi connectivity index (χ4n) is 2.67. The summed E-state index contributed by atoms with van der Waals surface area (Å²) in [6, 6.07) is 14.9. The number of hydrogen-bond acceptors (Lipinski definition) is 1. The van der Waals surface area contributed by atoms with E-state index in [9.17, 15) is 0 Å². The Hall–Kier alpha value is -1.31. The van der Waals surface area contributed by atoms with Crippen molar-refractivity contribution in [3.05, 3.63) is 69.7 Å². The van der Waals surface area contributed by atoms with Crippen molar-refractivity contribution in [1.82, 2.24) is 5.32 Å². The molecular weight excluding hydrogens is 266 g/mol. The Morgan fingerprint density at radius 1 is 1.10 bits per heavy atom. The summed E-state index contributed by atoms with van der Waals surface area (Å²) in [6.45, 7) is 5.20. The number of nitrogens with one attached hydrogen (secondary N) is 1. The molecule has 106 valence electrons. The SMILES string of the molecule is CNCC(Cc1ccc(C)cc1Cl)c1ccccc1C. The lowest BCUT2D eigenvalue weighted by molar-refractivity contribution is 0.623. The van der Waals surface area contributed by atoms with Gasteiger partial charge in [-0.2, -0.15) is 0 Å². The molecular formula is C18H22ClN. The fraction of sp³-hybridized carbons (Fsp3) is 0.333. The maximum atomic E-state index is 6.38. The van der Waals surface area contributed by atoms with E-state index < -0.39 is 0 Å². The molecule has 0 heterocycles. The van der Waals surface area contributed by atoms with E-state index in [-0.39, 0.29) is 0 Å². The minimum Gasteiger partial charge on any atom is -0.319 e. The lowest BCUT2D eigenvalue weighted by Crippen LogP contribution is -2.20. The molecule has 1 atom stereocenters. The minimum atomic E-state index is 0.446. The molecule has 0 aliphatic rings. The predicted octanol–water partition coefficient (Wildman–Crippen LogP) is 4.50. The first-order chi connectivity index (χ1) is 9.61. The zero-order valence-electron chi connectivity index (χ0n) is 12.4. The third-order valence-corrected chi connectivity index (χ3v) is 4.11. The third-order valence-electron chi connectivity index (χ3n) is 3.75. The highest BCUT2D eigenvalue weighted by Crippen LogP contribution is 2.27. The smallest absolute Gasteiger partial charge is 0.0440 e. The van der Waals surface area contributed by atoms with Crippen LogP contribution in [0.15, 0.2) is 42.5 Å². The van der Waals surface area contributed by atoms with E-state index in [1.54, 1.807) is 0 Å². The molecule has 1 N–H and O–H groups in total. The van der Waals surface area contributed by atoms with Gasteiger partial charge in [0.1, 0.15) is 0 Å². The van der Waals surface area contributed by atoms with Crippen molar-refractivity contribution >= 4 is 11.6 Å². The molecule has 2 aromatic carbocycles. The second kappa shape index (κ2) is 6.92. The second-order valence-electron chi connectivity index (χ2n) is 5.41. The molecule has 0 spiro atoms. The first-order valence-corrected chi connectivity index (χ1v) is 7.44. The van der Waals surface area contributed by atoms with E-state index in [0.717, 1.165) is 18.0 Å². The molecule has 1 nitrogen and oxygen atoms in total. The quantitative estimate of drug-likeness (QED) is 0.853. The van der Waals surface area contributed by atoms with Gasteiger partial charge in [0.05, 0.1) is 0 Å². The van der Waals surface area contributed by atoms with Crippen LogP contribution in [0.4, 0.5) is 0 Å². The number of likely N-dealkylation sites (N-methyl/N-ethyl adjacent to an activating group) is 1. The summed E-state index contributed by atoms with van der Waals surface area (Å²) in [4.78, 5) is 0. The molecule has 20 heavy (non-hydrogen) atoms. The van der Waals surface area contributed by atoms with Crippen molar-refractivity contribution in [3.63, 3.8) is 0 Å². The van der Waals surface area contributed by atoms with Crippen LogP contribution in [0.3, 0.4) is 0 Å². The Balaban J connectivity index is 2.28. The maximum Gasteiger partial charge on any atom is 0.0440 e. The molecule has 0 aliphatic carbocycles. The van der Waals surface area contributed by atoms with Crippen LogP contribution in [0, 0.1) is 13.8 Å². The Morgan fingerprint density at radius 2 is 1.85 bits per heavy atom. The number of rotatable bonds is 5. The van der Waals surface area contributed by atoms with Gasteiger partial charge in [-0.1, -0.05) is 48.0 Å². The number of aryl methyl sites for hydroxylation is 2. The van der Waals surface area contributed by atoms with Crippen molar-refractivity contribution in [2.24, 2.45) is 0 Å². The van der Waals surface area contributed by atoms with Crippen LogP contribution in [0.2, 0.25) is 5.02 Å². The average Bonchev–Trinajstić information content (AvgIpc) is 2.42. The molecule has 0 amide bonds. The van der Waals surface area contributed by atoms with Crippen LogP contribution in [0.5, 0.6) is 0 Å². The van der Waals surface area contributed by atoms with E-state index in [0.29, 0.717) is 5.92 Å². The molecule has 0 aliphatic heterocycles. The summed E-state index contributed by atoms with van der Waals surface area (Å²) in [5.74, 6) is 0.446. The molecule has 0 fully saturated rings. The van der Waals surface area contributed by atoms with Gasteiger partial charge in [-0.15, -0.1) is 0 Å². The largest absolute Gasteiger partial charge is 0.319 e. The van der Waals surface area contributed by atoms with Crippen LogP contribution in [0.25, 0.3) is 0 Å². The van der Waals surface area contributed by atoms with Gasteiger partial charge in [0, 0.05) is 17.5 Å². The summed E-state index contributed by atoms with van der Waals surface area (Å²) in [5.41, 5.74) is 5.18. The van der Waals surface area contributed by atoms with E-state index >= 15 is 0 Å². The lowest BCUT2D eigenvalue weighted by Gasteiger charge is -2.20. The van der Waals surface area contributed by atoms with Gasteiger partial charge in [0.15, 0.2) is 0 Å². The molecule has 0 bridgehead atoms. The standard InChI is InChI=1S/C18H22ClN/c1-13-8-9-15(18(19)10-13)11-16(12-20-3)17-7-5-4-6-14(17)2/h4-10,16,20H,11-12H2,1-3H3. The van der Waals surface area contributed by atoms with E-state index in [2.05, 4.69) is 55.6 Å². The van der Waals surface area contributed by atoms with Crippen molar-refractivity contribution in [2.75, 3.05) is 13.6 Å². The van der Waals surface area contributed by atoms with Crippen molar-refractivity contribution in [3.8, 4) is 0 Å². The van der Waals surface area contributed by atoms with Crippen LogP contribution in [0.1, 0.15) is 28.2 Å². The molecule has 2 rings (SSSR count).